The third kappa shape index (κ3) is 5.38. The van der Waals surface area contributed by atoms with Gasteiger partial charge in [0.15, 0.2) is 11.6 Å². The van der Waals surface area contributed by atoms with Gasteiger partial charge in [0.25, 0.3) is 0 Å². The highest BCUT2D eigenvalue weighted by Gasteiger charge is 2.12. The number of ether oxygens (including phenoxy) is 1. The zero-order valence-corrected chi connectivity index (χ0v) is 14.6. The Bertz CT molecular complexity index is 734. The van der Waals surface area contributed by atoms with Crippen LogP contribution in [-0.4, -0.2) is 29.2 Å². The van der Waals surface area contributed by atoms with Crippen molar-refractivity contribution in [3.8, 4) is 11.5 Å². The van der Waals surface area contributed by atoms with E-state index in [2.05, 4.69) is 5.32 Å². The number of rotatable bonds is 6. The molecule has 0 aliphatic carbocycles. The maximum atomic E-state index is 13.9. The van der Waals surface area contributed by atoms with Crippen LogP contribution in [0.3, 0.4) is 0 Å². The second-order valence-corrected chi connectivity index (χ2v) is 6.07. The highest BCUT2D eigenvalue weighted by molar-refractivity contribution is 5.73. The number of carbonyl (C=O) groups is 1. The van der Waals surface area contributed by atoms with Crippen molar-refractivity contribution < 1.29 is 19.0 Å². The molecule has 0 aliphatic rings. The molecule has 2 amide bonds. The van der Waals surface area contributed by atoms with E-state index < -0.39 is 5.82 Å². The summed E-state index contributed by atoms with van der Waals surface area (Å²) >= 11 is 0. The smallest absolute Gasteiger partial charge is 0.317 e. The van der Waals surface area contributed by atoms with Crippen LogP contribution in [0.4, 0.5) is 9.18 Å². The molecule has 0 heterocycles. The van der Waals surface area contributed by atoms with Crippen LogP contribution in [0.5, 0.6) is 11.5 Å². The van der Waals surface area contributed by atoms with Gasteiger partial charge in [-0.05, 0) is 37.6 Å². The van der Waals surface area contributed by atoms with Gasteiger partial charge in [0.2, 0.25) is 0 Å². The first-order valence-electron chi connectivity index (χ1n) is 8.07. The summed E-state index contributed by atoms with van der Waals surface area (Å²) in [6.07, 6.45) is -0.108. The minimum atomic E-state index is -0.456. The SMILES string of the molecule is CC(C)Oc1ccc(CNC(=O)N(C)Cc2ccccc2O)cc1F. The molecule has 2 N–H and O–H groups in total. The normalized spacial score (nSPS) is 10.6. The third-order valence-corrected chi connectivity index (χ3v) is 3.55. The molecule has 0 atom stereocenters. The summed E-state index contributed by atoms with van der Waals surface area (Å²) in [5.41, 5.74) is 1.29. The number of hydrogen-bond donors (Lipinski definition) is 2. The fourth-order valence-electron chi connectivity index (χ4n) is 2.29. The molecule has 2 aromatic carbocycles. The van der Waals surface area contributed by atoms with Gasteiger partial charge in [0.05, 0.1) is 12.6 Å². The summed E-state index contributed by atoms with van der Waals surface area (Å²) in [4.78, 5) is 13.6. The molecule has 0 fully saturated rings. The van der Waals surface area contributed by atoms with E-state index in [9.17, 15) is 14.3 Å². The van der Waals surface area contributed by atoms with E-state index in [0.29, 0.717) is 11.1 Å². The van der Waals surface area contributed by atoms with E-state index in [1.807, 2.05) is 13.8 Å². The van der Waals surface area contributed by atoms with E-state index in [4.69, 9.17) is 4.74 Å². The van der Waals surface area contributed by atoms with Crippen molar-refractivity contribution in [3.05, 3.63) is 59.4 Å². The number of phenolic OH excluding ortho intramolecular Hbond substituents is 1. The summed E-state index contributed by atoms with van der Waals surface area (Å²) in [5.74, 6) is -0.116. The number of amides is 2. The van der Waals surface area contributed by atoms with Crippen LogP contribution in [0.25, 0.3) is 0 Å². The van der Waals surface area contributed by atoms with E-state index >= 15 is 0 Å². The van der Waals surface area contributed by atoms with Crippen molar-refractivity contribution in [2.24, 2.45) is 0 Å². The van der Waals surface area contributed by atoms with Crippen LogP contribution in [0.2, 0.25) is 0 Å². The Labute approximate surface area is 147 Å². The Kier molecular flexibility index (Phi) is 6.22. The minimum Gasteiger partial charge on any atom is -0.508 e. The minimum absolute atomic E-state index is 0.108. The van der Waals surface area contributed by atoms with Crippen LogP contribution in [0.15, 0.2) is 42.5 Å². The molecule has 0 saturated heterocycles. The number of phenols is 1. The monoisotopic (exact) mass is 346 g/mol. The van der Waals surface area contributed by atoms with Crippen LogP contribution >= 0.6 is 0 Å². The highest BCUT2D eigenvalue weighted by atomic mass is 19.1. The Morgan fingerprint density at radius 3 is 2.64 bits per heavy atom. The molecule has 134 valence electrons. The highest BCUT2D eigenvalue weighted by Crippen LogP contribution is 2.20. The van der Waals surface area contributed by atoms with Gasteiger partial charge in [-0.25, -0.2) is 9.18 Å². The van der Waals surface area contributed by atoms with Gasteiger partial charge in [0, 0.05) is 19.2 Å². The average Bonchev–Trinajstić information content (AvgIpc) is 2.56. The largest absolute Gasteiger partial charge is 0.508 e. The van der Waals surface area contributed by atoms with Crippen molar-refractivity contribution >= 4 is 6.03 Å². The Morgan fingerprint density at radius 2 is 2.00 bits per heavy atom. The maximum absolute atomic E-state index is 13.9. The summed E-state index contributed by atoms with van der Waals surface area (Å²) in [6.45, 7) is 4.12. The van der Waals surface area contributed by atoms with Crippen molar-refractivity contribution in [1.29, 1.82) is 0 Å². The zero-order valence-electron chi connectivity index (χ0n) is 14.6. The number of nitrogens with one attached hydrogen (secondary N) is 1. The van der Waals surface area contributed by atoms with Crippen molar-refractivity contribution in [2.45, 2.75) is 33.0 Å². The number of benzene rings is 2. The lowest BCUT2D eigenvalue weighted by atomic mass is 10.2. The zero-order chi connectivity index (χ0) is 18.4. The summed E-state index contributed by atoms with van der Waals surface area (Å²) < 4.78 is 19.3. The van der Waals surface area contributed by atoms with E-state index in [1.165, 1.54) is 11.0 Å². The molecule has 0 bridgehead atoms. The molecule has 0 aliphatic heterocycles. The fourth-order valence-corrected chi connectivity index (χ4v) is 2.29. The molecule has 2 aromatic rings. The van der Waals surface area contributed by atoms with E-state index in [1.54, 1.807) is 43.4 Å². The predicted octanol–water partition coefficient (Wildman–Crippen LogP) is 3.66. The number of urea groups is 1. The lowest BCUT2D eigenvalue weighted by Crippen LogP contribution is -2.36. The van der Waals surface area contributed by atoms with Gasteiger partial charge in [-0.2, -0.15) is 0 Å². The van der Waals surface area contributed by atoms with Crippen molar-refractivity contribution in [1.82, 2.24) is 10.2 Å². The molecule has 0 spiro atoms. The second kappa shape index (κ2) is 8.37. The topological polar surface area (TPSA) is 61.8 Å². The average molecular weight is 346 g/mol. The van der Waals surface area contributed by atoms with Crippen molar-refractivity contribution in [3.63, 3.8) is 0 Å². The summed E-state index contributed by atoms with van der Waals surface area (Å²) in [5, 5.41) is 12.5. The predicted molar refractivity (Wildman–Crippen MR) is 94.0 cm³/mol. The van der Waals surface area contributed by atoms with E-state index in [-0.39, 0.29) is 36.7 Å². The number of nitrogens with zero attached hydrogens (tertiary/aromatic N) is 1. The molecular weight excluding hydrogens is 323 g/mol. The molecule has 2 rings (SSSR count). The number of halogens is 1. The summed E-state index contributed by atoms with van der Waals surface area (Å²) in [6, 6.07) is 11.1. The molecule has 6 heteroatoms. The maximum Gasteiger partial charge on any atom is 0.317 e. The molecule has 0 unspecified atom stereocenters. The fraction of sp³-hybridized carbons (Fsp3) is 0.316. The van der Waals surface area contributed by atoms with Crippen LogP contribution in [0, 0.1) is 5.82 Å². The molecule has 25 heavy (non-hydrogen) atoms. The first-order valence-corrected chi connectivity index (χ1v) is 8.07. The number of carbonyl (C=O) groups excluding carboxylic acids is 1. The number of para-hydroxylation sites is 1. The Hall–Kier alpha value is -2.76. The van der Waals surface area contributed by atoms with Gasteiger partial charge >= 0.3 is 6.03 Å². The number of hydrogen-bond acceptors (Lipinski definition) is 3. The molecule has 0 saturated carbocycles. The van der Waals surface area contributed by atoms with Gasteiger partial charge in [-0.15, -0.1) is 0 Å². The van der Waals surface area contributed by atoms with Crippen LogP contribution < -0.4 is 10.1 Å². The first kappa shape index (κ1) is 18.6. The lowest BCUT2D eigenvalue weighted by Gasteiger charge is -2.19. The van der Waals surface area contributed by atoms with Gasteiger partial charge in [0.1, 0.15) is 5.75 Å². The molecule has 5 nitrogen and oxygen atoms in total. The van der Waals surface area contributed by atoms with Crippen molar-refractivity contribution in [2.75, 3.05) is 7.05 Å². The third-order valence-electron chi connectivity index (χ3n) is 3.55. The molecular formula is C19H23FN2O3. The molecule has 0 radical (unpaired) electrons. The number of aromatic hydroxyl groups is 1. The second-order valence-electron chi connectivity index (χ2n) is 6.07. The summed E-state index contributed by atoms with van der Waals surface area (Å²) in [7, 11) is 1.63. The quantitative estimate of drug-likeness (QED) is 0.839. The Morgan fingerprint density at radius 1 is 1.28 bits per heavy atom. The Balaban J connectivity index is 1.91. The lowest BCUT2D eigenvalue weighted by molar-refractivity contribution is 0.206. The standard InChI is InChI=1S/C19H23FN2O3/c1-13(2)25-18-9-8-14(10-16(18)20)11-21-19(24)22(3)12-15-6-4-5-7-17(15)23/h4-10,13,23H,11-12H2,1-3H3,(H,21,24). The van der Waals surface area contributed by atoms with Crippen LogP contribution in [-0.2, 0) is 13.1 Å². The first-order chi connectivity index (χ1) is 11.9. The van der Waals surface area contributed by atoms with Crippen LogP contribution in [0.1, 0.15) is 25.0 Å². The molecule has 0 aromatic heterocycles. The van der Waals surface area contributed by atoms with E-state index in [0.717, 1.165) is 0 Å². The van der Waals surface area contributed by atoms with Gasteiger partial charge in [-0.1, -0.05) is 24.3 Å². The van der Waals surface area contributed by atoms with Gasteiger partial charge in [-0.3, -0.25) is 0 Å². The van der Waals surface area contributed by atoms with Gasteiger partial charge < -0.3 is 20.1 Å².